The van der Waals surface area contributed by atoms with Gasteiger partial charge >= 0.3 is 23.9 Å². The number of alkyl halides is 6. The lowest BCUT2D eigenvalue weighted by Crippen LogP contribution is -2.63. The second-order valence-corrected chi connectivity index (χ2v) is 7.39. The summed E-state index contributed by atoms with van der Waals surface area (Å²) in [6.07, 6.45) is -9.55. The fourth-order valence-corrected chi connectivity index (χ4v) is 3.55. The van der Waals surface area contributed by atoms with Crippen LogP contribution in [0.4, 0.5) is 26.3 Å². The standard InChI is InChI=1S/C13H18F6O5S/c14-12(15,16)11(13(17,18)19,8-25(21,22)23)24-10(20)9-6-4-2-1-3-5-7-9/h9H,1-8H2,(H,21,22,23)/p-1. The van der Waals surface area contributed by atoms with Crippen LogP contribution >= 0.6 is 0 Å². The molecule has 0 aromatic rings. The molecule has 0 saturated heterocycles. The molecule has 0 atom stereocenters. The highest BCUT2D eigenvalue weighted by molar-refractivity contribution is 7.85. The van der Waals surface area contributed by atoms with Crippen LogP contribution in [0.3, 0.4) is 0 Å². The van der Waals surface area contributed by atoms with Gasteiger partial charge in [-0.15, -0.1) is 0 Å². The van der Waals surface area contributed by atoms with E-state index in [-0.39, 0.29) is 12.8 Å². The largest absolute Gasteiger partial charge is 0.748 e. The van der Waals surface area contributed by atoms with Crippen LogP contribution in [0.15, 0.2) is 0 Å². The van der Waals surface area contributed by atoms with Crippen molar-refractivity contribution < 1.29 is 48.8 Å². The number of hydrogen-bond acceptors (Lipinski definition) is 5. The first-order chi connectivity index (χ1) is 11.2. The molecule has 0 amide bonds. The van der Waals surface area contributed by atoms with Gasteiger partial charge in [0, 0.05) is 0 Å². The predicted molar refractivity (Wildman–Crippen MR) is 71.3 cm³/mol. The van der Waals surface area contributed by atoms with E-state index in [1.807, 2.05) is 0 Å². The Morgan fingerprint density at radius 2 is 1.32 bits per heavy atom. The number of carbonyl (C=O) groups is 1. The van der Waals surface area contributed by atoms with E-state index in [2.05, 4.69) is 4.74 Å². The van der Waals surface area contributed by atoms with Crippen molar-refractivity contribution in [3.8, 4) is 0 Å². The maximum atomic E-state index is 13.1. The van der Waals surface area contributed by atoms with E-state index >= 15 is 0 Å². The number of ether oxygens (including phenoxy) is 1. The molecule has 0 spiro atoms. The summed E-state index contributed by atoms with van der Waals surface area (Å²) in [5.41, 5.74) is -5.37. The normalized spacial score (nSPS) is 19.2. The Morgan fingerprint density at radius 1 is 0.920 bits per heavy atom. The third-order valence-electron chi connectivity index (χ3n) is 4.01. The van der Waals surface area contributed by atoms with Gasteiger partial charge in [-0.25, -0.2) is 8.42 Å². The maximum absolute atomic E-state index is 13.1. The van der Waals surface area contributed by atoms with Crippen LogP contribution in [0, 0.1) is 5.92 Å². The van der Waals surface area contributed by atoms with Gasteiger partial charge in [-0.05, 0) is 12.8 Å². The number of rotatable bonds is 4. The third kappa shape index (κ3) is 5.73. The summed E-state index contributed by atoms with van der Waals surface area (Å²) < 4.78 is 114. The van der Waals surface area contributed by atoms with Crippen molar-refractivity contribution in [2.45, 2.75) is 62.9 Å². The molecule has 0 radical (unpaired) electrons. The van der Waals surface area contributed by atoms with Crippen molar-refractivity contribution in [3.05, 3.63) is 0 Å². The summed E-state index contributed by atoms with van der Waals surface area (Å²) in [4.78, 5) is 11.9. The van der Waals surface area contributed by atoms with Crippen LogP contribution < -0.4 is 0 Å². The molecule has 1 fully saturated rings. The first kappa shape index (κ1) is 22.0. The molecule has 0 heterocycles. The lowest BCUT2D eigenvalue weighted by molar-refractivity contribution is -0.362. The molecule has 1 saturated carbocycles. The van der Waals surface area contributed by atoms with E-state index in [1.54, 1.807) is 0 Å². The topological polar surface area (TPSA) is 83.5 Å². The third-order valence-corrected chi connectivity index (χ3v) is 4.77. The van der Waals surface area contributed by atoms with Gasteiger partial charge in [-0.1, -0.05) is 32.1 Å². The minimum Gasteiger partial charge on any atom is -0.748 e. The second-order valence-electron chi connectivity index (χ2n) is 5.99. The Kier molecular flexibility index (Phi) is 6.76. The van der Waals surface area contributed by atoms with Crippen LogP contribution in [0.25, 0.3) is 0 Å². The number of halogens is 6. The van der Waals surface area contributed by atoms with Crippen molar-refractivity contribution >= 4 is 16.1 Å². The number of esters is 1. The minimum atomic E-state index is -6.32. The molecule has 0 aromatic heterocycles. The molecule has 1 aliphatic carbocycles. The van der Waals surface area contributed by atoms with Crippen molar-refractivity contribution in [1.29, 1.82) is 0 Å². The first-order valence-corrected chi connectivity index (χ1v) is 9.07. The Balaban J connectivity index is 3.20. The zero-order valence-corrected chi connectivity index (χ0v) is 13.8. The summed E-state index contributed by atoms with van der Waals surface area (Å²) in [5, 5.41) is 0. The van der Waals surface area contributed by atoms with Crippen LogP contribution in [0.2, 0.25) is 0 Å². The zero-order valence-electron chi connectivity index (χ0n) is 13.0. The van der Waals surface area contributed by atoms with Gasteiger partial charge in [0.25, 0.3) is 0 Å². The zero-order chi connectivity index (χ0) is 19.5. The van der Waals surface area contributed by atoms with Gasteiger partial charge in [-0.3, -0.25) is 4.79 Å². The molecule has 1 aliphatic rings. The molecular weight excluding hydrogens is 382 g/mol. The first-order valence-electron chi connectivity index (χ1n) is 7.49. The van der Waals surface area contributed by atoms with Gasteiger partial charge in [0.1, 0.15) is 0 Å². The summed E-state index contributed by atoms with van der Waals surface area (Å²) in [6.45, 7) is 0. The fraction of sp³-hybridized carbons (Fsp3) is 0.923. The molecule has 0 N–H and O–H groups in total. The summed E-state index contributed by atoms with van der Waals surface area (Å²) in [6, 6.07) is 0. The lowest BCUT2D eigenvalue weighted by atomic mass is 9.91. The van der Waals surface area contributed by atoms with Gasteiger partial charge in [-0.2, -0.15) is 26.3 Å². The molecule has 148 valence electrons. The Morgan fingerprint density at radius 3 is 1.68 bits per heavy atom. The van der Waals surface area contributed by atoms with Crippen molar-refractivity contribution in [1.82, 2.24) is 0 Å². The van der Waals surface area contributed by atoms with E-state index < -0.39 is 45.7 Å². The predicted octanol–water partition coefficient (Wildman–Crippen LogP) is 3.30. The van der Waals surface area contributed by atoms with Gasteiger partial charge in [0.2, 0.25) is 0 Å². The van der Waals surface area contributed by atoms with Gasteiger partial charge in [0.05, 0.1) is 21.8 Å². The number of carbonyl (C=O) groups excluding carboxylic acids is 1. The average molecular weight is 399 g/mol. The minimum absolute atomic E-state index is 0.0365. The molecule has 0 bridgehead atoms. The number of hydrogen-bond donors (Lipinski definition) is 0. The quantitative estimate of drug-likeness (QED) is 0.412. The van der Waals surface area contributed by atoms with E-state index in [4.69, 9.17) is 0 Å². The maximum Gasteiger partial charge on any atom is 0.438 e. The molecule has 12 heteroatoms. The van der Waals surface area contributed by atoms with Crippen LogP contribution in [-0.4, -0.2) is 42.6 Å². The second kappa shape index (κ2) is 7.68. The molecule has 0 aromatic carbocycles. The Hall–Kier alpha value is -1.04. The van der Waals surface area contributed by atoms with E-state index in [9.17, 15) is 44.1 Å². The van der Waals surface area contributed by atoms with E-state index in [1.165, 1.54) is 0 Å². The Bertz CT molecular complexity index is 546. The van der Waals surface area contributed by atoms with Gasteiger partial charge < -0.3 is 9.29 Å². The summed E-state index contributed by atoms with van der Waals surface area (Å²) >= 11 is 0. The van der Waals surface area contributed by atoms with Crippen LogP contribution in [0.1, 0.15) is 44.9 Å². The molecule has 1 rings (SSSR count). The van der Waals surface area contributed by atoms with Crippen LogP contribution in [0.5, 0.6) is 0 Å². The monoisotopic (exact) mass is 399 g/mol. The van der Waals surface area contributed by atoms with Gasteiger partial charge in [0.15, 0.2) is 0 Å². The Labute approximate surface area is 140 Å². The van der Waals surface area contributed by atoms with Crippen LogP contribution in [-0.2, 0) is 19.6 Å². The van der Waals surface area contributed by atoms with Crippen molar-refractivity contribution in [2.75, 3.05) is 5.75 Å². The summed E-state index contributed by atoms with van der Waals surface area (Å²) in [5.74, 6) is -5.95. The van der Waals surface area contributed by atoms with Crippen molar-refractivity contribution in [3.63, 3.8) is 0 Å². The molecular formula is C13H17F6O5S-. The van der Waals surface area contributed by atoms with Crippen molar-refractivity contribution in [2.24, 2.45) is 5.92 Å². The van der Waals surface area contributed by atoms with E-state index in [0.29, 0.717) is 25.7 Å². The molecule has 25 heavy (non-hydrogen) atoms. The molecule has 0 unspecified atom stereocenters. The smallest absolute Gasteiger partial charge is 0.438 e. The lowest BCUT2D eigenvalue weighted by Gasteiger charge is -2.37. The highest BCUT2D eigenvalue weighted by Crippen LogP contribution is 2.47. The summed E-state index contributed by atoms with van der Waals surface area (Å²) in [7, 11) is -6.00. The fourth-order valence-electron chi connectivity index (χ4n) is 2.67. The molecule has 0 aliphatic heterocycles. The van der Waals surface area contributed by atoms with E-state index in [0.717, 1.165) is 6.42 Å². The SMILES string of the molecule is O=C(OC(CS(=O)(=O)[O-])(C(F)(F)F)C(F)(F)F)C1CCCCCCC1. The highest BCUT2D eigenvalue weighted by atomic mass is 32.2. The average Bonchev–Trinajstić information content (AvgIpc) is 2.32. The highest BCUT2D eigenvalue weighted by Gasteiger charge is 2.75. The molecule has 5 nitrogen and oxygen atoms in total.